The molecule has 0 unspecified atom stereocenters. The van der Waals surface area contributed by atoms with Crippen LogP contribution in [0.1, 0.15) is 22.1 Å². The van der Waals surface area contributed by atoms with Crippen LogP contribution in [0.25, 0.3) is 10.8 Å². The second kappa shape index (κ2) is 6.12. The molecule has 0 bridgehead atoms. The van der Waals surface area contributed by atoms with Crippen LogP contribution in [0.3, 0.4) is 0 Å². The minimum atomic E-state index is -3.56. The van der Waals surface area contributed by atoms with Crippen molar-refractivity contribution in [3.63, 3.8) is 0 Å². The Bertz CT molecular complexity index is 1080. The van der Waals surface area contributed by atoms with Gasteiger partial charge in [0.1, 0.15) is 0 Å². The Morgan fingerprint density at radius 1 is 0.885 bits per heavy atom. The number of thioether (sulfide) groups is 1. The second-order valence-electron chi connectivity index (χ2n) is 6.81. The van der Waals surface area contributed by atoms with Crippen LogP contribution in [0.2, 0.25) is 0 Å². The van der Waals surface area contributed by atoms with E-state index in [4.69, 9.17) is 0 Å². The smallest absolute Gasteiger partial charge is 0.207 e. The van der Waals surface area contributed by atoms with E-state index in [1.807, 2.05) is 54.6 Å². The SMILES string of the molecule is O=S(=O)(c1ccc2c3c(cccc13)CC2)N1CCS[C@H]1c1ccccc1. The van der Waals surface area contributed by atoms with Crippen LogP contribution in [-0.4, -0.2) is 25.0 Å². The highest BCUT2D eigenvalue weighted by Crippen LogP contribution is 2.43. The first-order valence-electron chi connectivity index (χ1n) is 8.88. The molecular weight excluding hydrogens is 362 g/mol. The Kier molecular flexibility index (Phi) is 3.85. The van der Waals surface area contributed by atoms with Gasteiger partial charge in [-0.1, -0.05) is 54.6 Å². The van der Waals surface area contributed by atoms with E-state index in [1.54, 1.807) is 16.1 Å². The van der Waals surface area contributed by atoms with Crippen LogP contribution < -0.4 is 0 Å². The lowest BCUT2D eigenvalue weighted by Crippen LogP contribution is -2.30. The van der Waals surface area contributed by atoms with Gasteiger partial charge < -0.3 is 0 Å². The maximum Gasteiger partial charge on any atom is 0.245 e. The molecular formula is C21H19NO2S2. The molecule has 5 heteroatoms. The van der Waals surface area contributed by atoms with Crippen LogP contribution >= 0.6 is 11.8 Å². The average Bonchev–Trinajstić information content (AvgIpc) is 3.32. The Morgan fingerprint density at radius 2 is 1.65 bits per heavy atom. The first-order chi connectivity index (χ1) is 12.7. The molecule has 132 valence electrons. The molecule has 1 heterocycles. The summed E-state index contributed by atoms with van der Waals surface area (Å²) in [5, 5.41) is 1.88. The Labute approximate surface area is 158 Å². The van der Waals surface area contributed by atoms with Crippen molar-refractivity contribution in [2.24, 2.45) is 0 Å². The van der Waals surface area contributed by atoms with Crippen molar-refractivity contribution < 1.29 is 8.42 Å². The molecule has 0 radical (unpaired) electrons. The topological polar surface area (TPSA) is 37.4 Å². The highest BCUT2D eigenvalue weighted by Gasteiger charge is 2.38. The minimum Gasteiger partial charge on any atom is -0.207 e. The third-order valence-corrected chi connectivity index (χ3v) is 8.67. The zero-order valence-electron chi connectivity index (χ0n) is 14.3. The van der Waals surface area contributed by atoms with E-state index in [0.29, 0.717) is 11.4 Å². The molecule has 1 aliphatic carbocycles. The molecule has 3 aromatic carbocycles. The molecule has 0 spiro atoms. The summed E-state index contributed by atoms with van der Waals surface area (Å²) in [6, 6.07) is 19.8. The molecule has 0 N–H and O–H groups in total. The summed E-state index contributed by atoms with van der Waals surface area (Å²) in [5.41, 5.74) is 3.58. The first kappa shape index (κ1) is 16.4. The van der Waals surface area contributed by atoms with E-state index in [-0.39, 0.29) is 5.37 Å². The third-order valence-electron chi connectivity index (χ3n) is 5.36. The molecule has 1 saturated heterocycles. The lowest BCUT2D eigenvalue weighted by atomic mass is 10.1. The molecule has 5 rings (SSSR count). The van der Waals surface area contributed by atoms with Gasteiger partial charge in [0.05, 0.1) is 10.3 Å². The van der Waals surface area contributed by atoms with E-state index in [1.165, 1.54) is 11.1 Å². The predicted octanol–water partition coefficient (Wildman–Crippen LogP) is 4.37. The first-order valence-corrected chi connectivity index (χ1v) is 11.4. The zero-order chi connectivity index (χ0) is 17.7. The van der Waals surface area contributed by atoms with Gasteiger partial charge in [0.25, 0.3) is 0 Å². The third kappa shape index (κ3) is 2.42. The quantitative estimate of drug-likeness (QED) is 0.676. The molecule has 2 aliphatic rings. The van der Waals surface area contributed by atoms with Gasteiger partial charge in [-0.25, -0.2) is 8.42 Å². The fraction of sp³-hybridized carbons (Fsp3) is 0.238. The molecule has 0 amide bonds. The van der Waals surface area contributed by atoms with Gasteiger partial charge in [0, 0.05) is 17.7 Å². The van der Waals surface area contributed by atoms with Crippen molar-refractivity contribution in [2.75, 3.05) is 12.3 Å². The number of rotatable bonds is 3. The lowest BCUT2D eigenvalue weighted by Gasteiger charge is -2.24. The molecule has 1 fully saturated rings. The standard InChI is InChI=1S/C21H19NO2S2/c23-26(24,22-13-14-25-21(22)17-5-2-1-3-6-17)19-12-11-16-10-9-15-7-4-8-18(19)20(15)16/h1-8,11-12,21H,9-10,13-14H2/t21-/m0/s1. The van der Waals surface area contributed by atoms with Crippen LogP contribution in [-0.2, 0) is 22.9 Å². The highest BCUT2D eigenvalue weighted by atomic mass is 32.2. The maximum atomic E-state index is 13.6. The number of nitrogens with zero attached hydrogens (tertiary/aromatic N) is 1. The van der Waals surface area contributed by atoms with E-state index >= 15 is 0 Å². The zero-order valence-corrected chi connectivity index (χ0v) is 15.9. The minimum absolute atomic E-state index is 0.149. The molecule has 0 aromatic heterocycles. The second-order valence-corrected chi connectivity index (χ2v) is 9.86. The van der Waals surface area contributed by atoms with Crippen molar-refractivity contribution in [2.45, 2.75) is 23.1 Å². The Morgan fingerprint density at radius 3 is 2.46 bits per heavy atom. The van der Waals surface area contributed by atoms with Gasteiger partial charge in [-0.15, -0.1) is 11.8 Å². The summed E-state index contributed by atoms with van der Waals surface area (Å²) in [7, 11) is -3.56. The van der Waals surface area contributed by atoms with Crippen molar-refractivity contribution in [1.82, 2.24) is 4.31 Å². The summed E-state index contributed by atoms with van der Waals surface area (Å²) < 4.78 is 28.8. The van der Waals surface area contributed by atoms with Gasteiger partial charge in [0.2, 0.25) is 10.0 Å². The monoisotopic (exact) mass is 381 g/mol. The maximum absolute atomic E-state index is 13.6. The number of aryl methyl sites for hydroxylation is 2. The molecule has 1 aliphatic heterocycles. The van der Waals surface area contributed by atoms with E-state index in [2.05, 4.69) is 6.07 Å². The van der Waals surface area contributed by atoms with E-state index in [9.17, 15) is 8.42 Å². The van der Waals surface area contributed by atoms with Crippen LogP contribution in [0.5, 0.6) is 0 Å². The fourth-order valence-corrected chi connectivity index (χ4v) is 7.58. The number of hydrogen-bond acceptors (Lipinski definition) is 3. The largest absolute Gasteiger partial charge is 0.245 e. The molecule has 26 heavy (non-hydrogen) atoms. The van der Waals surface area contributed by atoms with Gasteiger partial charge >= 0.3 is 0 Å². The van der Waals surface area contributed by atoms with E-state index in [0.717, 1.165) is 34.9 Å². The van der Waals surface area contributed by atoms with Crippen molar-refractivity contribution in [1.29, 1.82) is 0 Å². The van der Waals surface area contributed by atoms with Gasteiger partial charge in [-0.3, -0.25) is 0 Å². The number of hydrogen-bond donors (Lipinski definition) is 0. The molecule has 0 saturated carbocycles. The molecule has 3 nitrogen and oxygen atoms in total. The summed E-state index contributed by atoms with van der Waals surface area (Å²) in [6.07, 6.45) is 2.00. The van der Waals surface area contributed by atoms with E-state index < -0.39 is 10.0 Å². The van der Waals surface area contributed by atoms with Crippen LogP contribution in [0, 0.1) is 0 Å². The fourth-order valence-electron chi connectivity index (χ4n) is 4.15. The van der Waals surface area contributed by atoms with Crippen molar-refractivity contribution >= 4 is 32.6 Å². The van der Waals surface area contributed by atoms with Gasteiger partial charge in [-0.2, -0.15) is 4.31 Å². The normalized spacial score (nSPS) is 20.1. The van der Waals surface area contributed by atoms with Gasteiger partial charge in [0.15, 0.2) is 0 Å². The molecule has 3 aromatic rings. The summed E-state index contributed by atoms with van der Waals surface area (Å²) in [5.74, 6) is 0.820. The summed E-state index contributed by atoms with van der Waals surface area (Å²) in [6.45, 7) is 0.551. The average molecular weight is 382 g/mol. The lowest BCUT2D eigenvalue weighted by molar-refractivity contribution is 0.435. The predicted molar refractivity (Wildman–Crippen MR) is 107 cm³/mol. The Hall–Kier alpha value is -1.82. The van der Waals surface area contributed by atoms with Crippen LogP contribution in [0.4, 0.5) is 0 Å². The van der Waals surface area contributed by atoms with Crippen molar-refractivity contribution in [3.05, 3.63) is 77.4 Å². The number of benzene rings is 3. The summed E-state index contributed by atoms with van der Waals surface area (Å²) in [4.78, 5) is 0.448. The van der Waals surface area contributed by atoms with Crippen molar-refractivity contribution in [3.8, 4) is 0 Å². The molecule has 1 atom stereocenters. The Balaban J connectivity index is 1.65. The van der Waals surface area contributed by atoms with Crippen LogP contribution in [0.15, 0.2) is 65.6 Å². The number of sulfonamides is 1. The van der Waals surface area contributed by atoms with Gasteiger partial charge in [-0.05, 0) is 41.0 Å². The highest BCUT2D eigenvalue weighted by molar-refractivity contribution is 8.01. The summed E-state index contributed by atoms with van der Waals surface area (Å²) >= 11 is 1.70.